The van der Waals surface area contributed by atoms with Crippen molar-refractivity contribution in [2.45, 2.75) is 39.0 Å². The smallest absolute Gasteiger partial charge is 0.229 e. The van der Waals surface area contributed by atoms with Crippen molar-refractivity contribution < 1.29 is 34.1 Å². The first-order valence-electron chi connectivity index (χ1n) is 15.0. The number of aliphatic hydroxyl groups excluding tert-OH is 1. The maximum absolute atomic E-state index is 14.6. The standard InChI is InChI=1S/C36H29IO7/c1-16-29-21(12-22-14-26(38)32(36(37)42)35(41)30(16)22)13-25-23(17-2-4-27-19(10-17)6-8-43-27)15-24(33(39)31(25)34(29)40)18-3-5-28-20(11-18)7-9-44-28/h2-5,10-11,15,21-22,30,39,41H,6-9,12-14H2,1H3/t21-,22?,30?/m1/s1. The molecule has 8 rings (SSSR count). The summed E-state index contributed by atoms with van der Waals surface area (Å²) in [5.74, 6) is -0.124. The molecule has 8 heteroatoms. The molecule has 0 saturated carbocycles. The van der Waals surface area contributed by atoms with Crippen LogP contribution >= 0.6 is 22.6 Å². The Hall–Kier alpha value is -3.92. The number of ketones is 2. The van der Waals surface area contributed by atoms with Crippen molar-refractivity contribution in [2.24, 2.45) is 17.8 Å². The lowest BCUT2D eigenvalue weighted by atomic mass is 9.60. The number of halogens is 1. The van der Waals surface area contributed by atoms with Crippen LogP contribution in [0.25, 0.3) is 22.3 Å². The van der Waals surface area contributed by atoms with Crippen molar-refractivity contribution in [1.82, 2.24) is 0 Å². The Balaban J connectivity index is 1.34. The van der Waals surface area contributed by atoms with E-state index in [0.29, 0.717) is 42.8 Å². The highest BCUT2D eigenvalue weighted by molar-refractivity contribution is 14.1. The molecule has 44 heavy (non-hydrogen) atoms. The number of phenolic OH excluding ortho intramolecular Hbond substituents is 1. The lowest BCUT2D eigenvalue weighted by Gasteiger charge is -2.43. The van der Waals surface area contributed by atoms with E-state index in [0.717, 1.165) is 57.7 Å². The number of Topliss-reactive ketones (excluding diaryl/α,β-unsaturated/α-hetero) is 2. The van der Waals surface area contributed by atoms with E-state index in [4.69, 9.17) is 9.47 Å². The molecule has 2 unspecified atom stereocenters. The van der Waals surface area contributed by atoms with Crippen molar-refractivity contribution in [3.8, 4) is 39.5 Å². The molecule has 2 N–H and O–H groups in total. The summed E-state index contributed by atoms with van der Waals surface area (Å²) >= 11 is 1.54. The van der Waals surface area contributed by atoms with E-state index in [2.05, 4.69) is 6.07 Å². The van der Waals surface area contributed by atoms with Crippen molar-refractivity contribution in [2.75, 3.05) is 13.2 Å². The average Bonchev–Trinajstić information content (AvgIpc) is 3.65. The minimum absolute atomic E-state index is 0.0558. The number of fused-ring (bicyclic) bond motifs is 5. The molecule has 3 aromatic rings. The van der Waals surface area contributed by atoms with Crippen LogP contribution in [-0.2, 0) is 28.9 Å². The zero-order chi connectivity index (χ0) is 30.4. The molecule has 0 spiro atoms. The summed E-state index contributed by atoms with van der Waals surface area (Å²) in [5, 5.41) is 23.1. The second-order valence-electron chi connectivity index (χ2n) is 12.5. The van der Waals surface area contributed by atoms with Gasteiger partial charge in [-0.3, -0.25) is 14.4 Å². The molecule has 3 atom stereocenters. The van der Waals surface area contributed by atoms with Gasteiger partial charge in [0, 0.05) is 58.9 Å². The van der Waals surface area contributed by atoms with Gasteiger partial charge in [0.1, 0.15) is 28.6 Å². The van der Waals surface area contributed by atoms with Gasteiger partial charge >= 0.3 is 0 Å². The summed E-state index contributed by atoms with van der Waals surface area (Å²) < 4.78 is 11.0. The van der Waals surface area contributed by atoms with Gasteiger partial charge in [-0.05, 0) is 95.3 Å². The van der Waals surface area contributed by atoms with Crippen LogP contribution in [0.3, 0.4) is 0 Å². The van der Waals surface area contributed by atoms with Crippen molar-refractivity contribution >= 4 is 37.9 Å². The van der Waals surface area contributed by atoms with E-state index in [-0.39, 0.29) is 52.5 Å². The Kier molecular flexibility index (Phi) is 6.31. The number of ether oxygens (including phenoxy) is 2. The minimum atomic E-state index is -0.573. The molecule has 2 heterocycles. The van der Waals surface area contributed by atoms with E-state index >= 15 is 0 Å². The Bertz CT molecular complexity index is 1920. The van der Waals surface area contributed by atoms with Gasteiger partial charge in [-0.15, -0.1) is 0 Å². The normalized spacial score (nSPS) is 23.4. The third-order valence-electron chi connectivity index (χ3n) is 10.2. The highest BCUT2D eigenvalue weighted by Crippen LogP contribution is 2.53. The Morgan fingerprint density at radius 3 is 2.16 bits per heavy atom. The first-order valence-corrected chi connectivity index (χ1v) is 16.1. The fourth-order valence-electron chi connectivity index (χ4n) is 8.23. The molecule has 2 aliphatic heterocycles. The van der Waals surface area contributed by atoms with Crippen LogP contribution in [-0.4, -0.2) is 38.8 Å². The molecule has 5 aliphatic rings. The van der Waals surface area contributed by atoms with Crippen LogP contribution in [0.15, 0.2) is 64.9 Å². The highest BCUT2D eigenvalue weighted by atomic mass is 127. The lowest BCUT2D eigenvalue weighted by Crippen LogP contribution is -2.40. The summed E-state index contributed by atoms with van der Waals surface area (Å²) in [5.41, 5.74) is 7.58. The van der Waals surface area contributed by atoms with Crippen LogP contribution < -0.4 is 9.47 Å². The van der Waals surface area contributed by atoms with Crippen LogP contribution in [0.5, 0.6) is 17.2 Å². The van der Waals surface area contributed by atoms with Crippen LogP contribution in [0, 0.1) is 17.8 Å². The second-order valence-corrected chi connectivity index (χ2v) is 13.5. The topological polar surface area (TPSA) is 110 Å². The highest BCUT2D eigenvalue weighted by Gasteiger charge is 2.48. The molecule has 0 radical (unpaired) electrons. The van der Waals surface area contributed by atoms with E-state index in [1.165, 1.54) is 22.6 Å². The van der Waals surface area contributed by atoms with Gasteiger partial charge in [-0.2, -0.15) is 0 Å². The van der Waals surface area contributed by atoms with E-state index in [9.17, 15) is 24.6 Å². The van der Waals surface area contributed by atoms with Gasteiger partial charge in [0.2, 0.25) is 3.79 Å². The third-order valence-corrected chi connectivity index (χ3v) is 10.7. The number of hydrogen-bond donors (Lipinski definition) is 2. The molecule has 3 aliphatic carbocycles. The van der Waals surface area contributed by atoms with Gasteiger partial charge in [0.15, 0.2) is 11.6 Å². The maximum atomic E-state index is 14.6. The summed E-state index contributed by atoms with van der Waals surface area (Å²) in [7, 11) is 0. The minimum Gasteiger partial charge on any atom is -0.511 e. The number of rotatable bonds is 3. The molecule has 0 amide bonds. The fraction of sp³-hybridized carbons (Fsp3) is 0.306. The van der Waals surface area contributed by atoms with E-state index in [1.54, 1.807) is 0 Å². The lowest BCUT2D eigenvalue weighted by molar-refractivity contribution is -0.120. The second kappa shape index (κ2) is 10.1. The predicted octanol–water partition coefficient (Wildman–Crippen LogP) is 6.65. The van der Waals surface area contributed by atoms with Gasteiger partial charge in [0.25, 0.3) is 0 Å². The largest absolute Gasteiger partial charge is 0.511 e. The number of phenols is 1. The Morgan fingerprint density at radius 2 is 1.52 bits per heavy atom. The molecule has 7 nitrogen and oxygen atoms in total. The van der Waals surface area contributed by atoms with Crippen LogP contribution in [0.4, 0.5) is 0 Å². The monoisotopic (exact) mass is 700 g/mol. The molecule has 0 fully saturated rings. The molecule has 0 bridgehead atoms. The summed E-state index contributed by atoms with van der Waals surface area (Å²) in [4.78, 5) is 39.7. The molecular weight excluding hydrogens is 671 g/mol. The van der Waals surface area contributed by atoms with Gasteiger partial charge in [0.05, 0.1) is 18.8 Å². The molecule has 222 valence electrons. The van der Waals surface area contributed by atoms with E-state index < -0.39 is 9.71 Å². The Morgan fingerprint density at radius 1 is 0.886 bits per heavy atom. The Labute approximate surface area is 267 Å². The molecule has 0 saturated heterocycles. The number of aromatic hydroxyl groups is 1. The zero-order valence-electron chi connectivity index (χ0n) is 24.0. The SMILES string of the molecule is CC1=C2C(=O)c3c(O)c(-c4ccc5c(c4)CCO5)cc(-c4ccc5c(c4)CCO5)c3C[C@H]2CC2CC(=O)C(C(=O)I)=C(O)C12. The number of carbonyl (C=O) groups excluding carboxylic acids is 3. The zero-order valence-corrected chi connectivity index (χ0v) is 26.2. The quantitative estimate of drug-likeness (QED) is 0.179. The molecule has 0 aromatic heterocycles. The number of hydrogen-bond acceptors (Lipinski definition) is 7. The average molecular weight is 701 g/mol. The number of carbonyl (C=O) groups is 3. The van der Waals surface area contributed by atoms with Crippen molar-refractivity contribution in [3.05, 3.63) is 87.2 Å². The third kappa shape index (κ3) is 4.02. The van der Waals surface area contributed by atoms with Crippen molar-refractivity contribution in [3.63, 3.8) is 0 Å². The van der Waals surface area contributed by atoms with Crippen LogP contribution in [0.1, 0.15) is 46.8 Å². The predicted molar refractivity (Wildman–Crippen MR) is 172 cm³/mol. The number of aliphatic hydroxyl groups is 1. The molecule has 3 aromatic carbocycles. The van der Waals surface area contributed by atoms with Gasteiger partial charge < -0.3 is 19.7 Å². The number of allylic oxidation sites excluding steroid dienone is 3. The van der Waals surface area contributed by atoms with Gasteiger partial charge in [-0.25, -0.2) is 0 Å². The fourth-order valence-corrected chi connectivity index (χ4v) is 8.80. The van der Waals surface area contributed by atoms with E-state index in [1.807, 2.05) is 43.3 Å². The first-order chi connectivity index (χ1) is 21.2. The first kappa shape index (κ1) is 27.6. The molecular formula is C36H29IO7. The van der Waals surface area contributed by atoms with Crippen LogP contribution in [0.2, 0.25) is 0 Å². The summed E-state index contributed by atoms with van der Waals surface area (Å²) in [6, 6.07) is 14.0. The summed E-state index contributed by atoms with van der Waals surface area (Å²) in [6.45, 7) is 3.08. The number of benzene rings is 3. The van der Waals surface area contributed by atoms with Gasteiger partial charge in [-0.1, -0.05) is 17.7 Å². The van der Waals surface area contributed by atoms with Crippen molar-refractivity contribution in [1.29, 1.82) is 0 Å². The maximum Gasteiger partial charge on any atom is 0.229 e. The summed E-state index contributed by atoms with van der Waals surface area (Å²) in [6.07, 6.45) is 2.80.